The highest BCUT2D eigenvalue weighted by atomic mass is 32.2. The van der Waals surface area contributed by atoms with Crippen molar-refractivity contribution in [2.75, 3.05) is 32.9 Å². The van der Waals surface area contributed by atoms with E-state index in [1.54, 1.807) is 5.38 Å². The highest BCUT2D eigenvalue weighted by Crippen LogP contribution is 2.22. The van der Waals surface area contributed by atoms with Gasteiger partial charge < -0.3 is 10.6 Å². The van der Waals surface area contributed by atoms with Crippen LogP contribution in [0.3, 0.4) is 0 Å². The maximum Gasteiger partial charge on any atom is 0.250 e. The average molecular weight is 291 g/mol. The molecule has 0 saturated heterocycles. The van der Waals surface area contributed by atoms with Gasteiger partial charge >= 0.3 is 0 Å². The van der Waals surface area contributed by atoms with Gasteiger partial charge in [-0.1, -0.05) is 13.8 Å². The fraction of sp³-hybridized carbons (Fsp3) is 0.636. The van der Waals surface area contributed by atoms with Gasteiger partial charge in [0.05, 0.1) is 0 Å². The van der Waals surface area contributed by atoms with E-state index in [9.17, 15) is 8.42 Å². The zero-order valence-electron chi connectivity index (χ0n) is 11.2. The van der Waals surface area contributed by atoms with Crippen LogP contribution in [0.15, 0.2) is 15.7 Å². The summed E-state index contributed by atoms with van der Waals surface area (Å²) in [6.45, 7) is 5.25. The zero-order chi connectivity index (χ0) is 14.0. The molecular formula is C11H21N3O2S2. The predicted molar refractivity (Wildman–Crippen MR) is 76.3 cm³/mol. The van der Waals surface area contributed by atoms with Crippen molar-refractivity contribution in [3.63, 3.8) is 0 Å². The number of nitrogen functional groups attached to an aromatic ring is 1. The van der Waals surface area contributed by atoms with Gasteiger partial charge in [0.25, 0.3) is 0 Å². The van der Waals surface area contributed by atoms with Gasteiger partial charge in [-0.05, 0) is 25.6 Å². The van der Waals surface area contributed by atoms with Crippen LogP contribution in [-0.4, -0.2) is 40.5 Å². The van der Waals surface area contributed by atoms with E-state index in [2.05, 4.69) is 4.72 Å². The van der Waals surface area contributed by atoms with Crippen LogP contribution in [-0.2, 0) is 10.0 Å². The molecule has 0 aliphatic rings. The Labute approximate surface area is 113 Å². The highest BCUT2D eigenvalue weighted by Gasteiger charge is 2.23. The van der Waals surface area contributed by atoms with Crippen LogP contribution in [0.25, 0.3) is 0 Å². The standard InChI is InChI=1S/C11H21N3O2S2/c1-11(2,8-14(3)4)7-13-18(15,16)10-5-9(12)6-17-10/h5-6,13H,7-8,12H2,1-4H3. The molecule has 0 fully saturated rings. The van der Waals surface area contributed by atoms with Gasteiger partial charge in [0.1, 0.15) is 4.21 Å². The summed E-state index contributed by atoms with van der Waals surface area (Å²) in [6, 6.07) is 1.48. The number of hydrogen-bond acceptors (Lipinski definition) is 5. The molecule has 3 N–H and O–H groups in total. The van der Waals surface area contributed by atoms with E-state index in [-0.39, 0.29) is 9.62 Å². The first kappa shape index (κ1) is 15.4. The molecule has 0 radical (unpaired) electrons. The SMILES string of the molecule is CN(C)CC(C)(C)CNS(=O)(=O)c1cc(N)cs1. The number of nitrogens with zero attached hydrogens (tertiary/aromatic N) is 1. The monoisotopic (exact) mass is 291 g/mol. The Bertz CT molecular complexity index is 492. The average Bonchev–Trinajstić information content (AvgIpc) is 2.61. The molecule has 0 aliphatic carbocycles. The number of rotatable bonds is 6. The molecule has 1 heterocycles. The molecular weight excluding hydrogens is 270 g/mol. The molecule has 7 heteroatoms. The summed E-state index contributed by atoms with van der Waals surface area (Å²) in [7, 11) is 0.499. The quantitative estimate of drug-likeness (QED) is 0.826. The first-order valence-electron chi connectivity index (χ1n) is 5.61. The van der Waals surface area contributed by atoms with E-state index in [4.69, 9.17) is 5.73 Å². The van der Waals surface area contributed by atoms with Crippen molar-refractivity contribution in [1.29, 1.82) is 0 Å². The number of thiophene rings is 1. The Hall–Kier alpha value is -0.630. The van der Waals surface area contributed by atoms with Crippen LogP contribution >= 0.6 is 11.3 Å². The molecule has 0 saturated carbocycles. The second-order valence-electron chi connectivity index (χ2n) is 5.43. The summed E-state index contributed by atoms with van der Waals surface area (Å²) in [5.74, 6) is 0. The van der Waals surface area contributed by atoms with Crippen molar-refractivity contribution in [2.45, 2.75) is 18.1 Å². The number of hydrogen-bond donors (Lipinski definition) is 2. The first-order chi connectivity index (χ1) is 8.12. The predicted octanol–water partition coefficient (Wildman–Crippen LogP) is 1.20. The molecule has 104 valence electrons. The summed E-state index contributed by atoms with van der Waals surface area (Å²) in [5.41, 5.74) is 5.89. The van der Waals surface area contributed by atoms with Gasteiger partial charge in [0.2, 0.25) is 10.0 Å². The van der Waals surface area contributed by atoms with Crippen molar-refractivity contribution in [1.82, 2.24) is 9.62 Å². The van der Waals surface area contributed by atoms with Gasteiger partial charge in [0.15, 0.2) is 0 Å². The molecule has 18 heavy (non-hydrogen) atoms. The number of sulfonamides is 1. The van der Waals surface area contributed by atoms with Crippen LogP contribution in [0.4, 0.5) is 5.69 Å². The molecule has 0 aromatic carbocycles. The molecule has 0 aliphatic heterocycles. The third kappa shape index (κ3) is 4.56. The van der Waals surface area contributed by atoms with E-state index in [0.717, 1.165) is 17.9 Å². The minimum atomic E-state index is -3.44. The van der Waals surface area contributed by atoms with E-state index < -0.39 is 10.0 Å². The smallest absolute Gasteiger partial charge is 0.250 e. The molecule has 1 rings (SSSR count). The lowest BCUT2D eigenvalue weighted by molar-refractivity contribution is 0.242. The maximum absolute atomic E-state index is 12.0. The van der Waals surface area contributed by atoms with Gasteiger partial charge in [-0.15, -0.1) is 11.3 Å². The van der Waals surface area contributed by atoms with Crippen molar-refractivity contribution < 1.29 is 8.42 Å². The summed E-state index contributed by atoms with van der Waals surface area (Å²) in [6.07, 6.45) is 0. The van der Waals surface area contributed by atoms with Crippen molar-refractivity contribution >= 4 is 27.0 Å². The molecule has 0 amide bonds. The Morgan fingerprint density at radius 3 is 2.50 bits per heavy atom. The van der Waals surface area contributed by atoms with Gasteiger partial charge in [-0.2, -0.15) is 0 Å². The van der Waals surface area contributed by atoms with Crippen LogP contribution in [0.5, 0.6) is 0 Å². The molecule has 0 atom stereocenters. The van der Waals surface area contributed by atoms with Gasteiger partial charge in [-0.25, -0.2) is 13.1 Å². The van der Waals surface area contributed by atoms with Gasteiger partial charge in [-0.3, -0.25) is 0 Å². The van der Waals surface area contributed by atoms with Crippen molar-refractivity contribution in [2.24, 2.45) is 5.41 Å². The molecule has 5 nitrogen and oxygen atoms in total. The van der Waals surface area contributed by atoms with Crippen LogP contribution in [0.2, 0.25) is 0 Å². The lowest BCUT2D eigenvalue weighted by atomic mass is 9.93. The van der Waals surface area contributed by atoms with Crippen LogP contribution in [0, 0.1) is 5.41 Å². The second kappa shape index (κ2) is 5.56. The fourth-order valence-corrected chi connectivity index (χ4v) is 4.11. The molecule has 1 aromatic rings. The van der Waals surface area contributed by atoms with Crippen LogP contribution in [0.1, 0.15) is 13.8 Å². The minimum Gasteiger partial charge on any atom is -0.398 e. The third-order valence-corrected chi connectivity index (χ3v) is 5.20. The number of nitrogens with two attached hydrogens (primary N) is 1. The Morgan fingerprint density at radius 1 is 1.44 bits per heavy atom. The molecule has 0 bridgehead atoms. The van der Waals surface area contributed by atoms with Gasteiger partial charge in [0, 0.05) is 24.2 Å². The van der Waals surface area contributed by atoms with E-state index in [1.807, 2.05) is 32.8 Å². The minimum absolute atomic E-state index is 0.126. The Kier molecular flexibility index (Phi) is 4.77. The van der Waals surface area contributed by atoms with E-state index in [1.165, 1.54) is 6.07 Å². The fourth-order valence-electron chi connectivity index (χ4n) is 1.74. The van der Waals surface area contributed by atoms with Crippen molar-refractivity contribution in [3.8, 4) is 0 Å². The maximum atomic E-state index is 12.0. The normalized spacial score (nSPS) is 13.2. The molecule has 0 unspecified atom stereocenters. The second-order valence-corrected chi connectivity index (χ2v) is 8.33. The first-order valence-corrected chi connectivity index (χ1v) is 7.97. The zero-order valence-corrected chi connectivity index (χ0v) is 12.9. The lowest BCUT2D eigenvalue weighted by Gasteiger charge is -2.28. The third-order valence-electron chi connectivity index (χ3n) is 2.35. The molecule has 0 spiro atoms. The summed E-state index contributed by atoms with van der Waals surface area (Å²) in [4.78, 5) is 2.04. The Balaban J connectivity index is 2.68. The lowest BCUT2D eigenvalue weighted by Crippen LogP contribution is -2.39. The largest absolute Gasteiger partial charge is 0.398 e. The molecule has 1 aromatic heterocycles. The summed E-state index contributed by atoms with van der Waals surface area (Å²) >= 11 is 1.14. The number of nitrogens with one attached hydrogen (secondary N) is 1. The topological polar surface area (TPSA) is 75.4 Å². The van der Waals surface area contributed by atoms with Crippen molar-refractivity contribution in [3.05, 3.63) is 11.4 Å². The highest BCUT2D eigenvalue weighted by molar-refractivity contribution is 7.91. The van der Waals surface area contributed by atoms with Crippen LogP contribution < -0.4 is 10.5 Å². The van der Waals surface area contributed by atoms with E-state index in [0.29, 0.717) is 12.2 Å². The Morgan fingerprint density at radius 2 is 2.06 bits per heavy atom. The summed E-state index contributed by atoms with van der Waals surface area (Å²) < 4.78 is 26.9. The van der Waals surface area contributed by atoms with E-state index >= 15 is 0 Å². The summed E-state index contributed by atoms with van der Waals surface area (Å²) in [5, 5.41) is 1.62. The number of anilines is 1.